The average Bonchev–Trinajstić information content (AvgIpc) is 3.41. The van der Waals surface area contributed by atoms with Crippen molar-refractivity contribution in [2.24, 2.45) is 0 Å². The Morgan fingerprint density at radius 3 is 2.39 bits per heavy atom. The maximum absolute atomic E-state index is 13.8. The number of nitrogens with zero attached hydrogens (tertiary/aromatic N) is 2. The van der Waals surface area contributed by atoms with E-state index in [1.54, 1.807) is 18.2 Å². The van der Waals surface area contributed by atoms with Gasteiger partial charge in [0.15, 0.2) is 5.13 Å². The zero-order valence-corrected chi connectivity index (χ0v) is 19.8. The molecule has 36 heavy (non-hydrogen) atoms. The van der Waals surface area contributed by atoms with Crippen LogP contribution in [0.25, 0.3) is 16.0 Å². The zero-order valence-electron chi connectivity index (χ0n) is 19.0. The van der Waals surface area contributed by atoms with Crippen LogP contribution < -0.4 is 14.4 Å². The molecule has 0 radical (unpaired) electrons. The molecule has 10 heteroatoms. The fourth-order valence-electron chi connectivity index (χ4n) is 4.13. The molecule has 0 spiro atoms. The number of Topliss-reactive ketones (excluding diaryl/α,β-unsaturated/α-hetero) is 1. The van der Waals surface area contributed by atoms with Crippen LogP contribution in [0.1, 0.15) is 17.2 Å². The summed E-state index contributed by atoms with van der Waals surface area (Å²) in [5.74, 6) is -2.64. The van der Waals surface area contributed by atoms with Crippen LogP contribution in [0.15, 0.2) is 66.2 Å². The molecule has 1 saturated heterocycles. The molecule has 2 heterocycles. The second-order valence-corrected chi connectivity index (χ2v) is 8.90. The van der Waals surface area contributed by atoms with Crippen LogP contribution >= 0.6 is 11.3 Å². The standard InChI is InChI=1S/C26H18F2N2O5S/c1-34-16-8-10-19(35-2)17(12-16)22-21(23(31)13-3-5-14(27)6-4-13)24(32)25(33)30(22)26-29-18-9-7-15(28)11-20(18)36-26/h3-12,22,31H,1-2H3/t22-/m0/s1. The summed E-state index contributed by atoms with van der Waals surface area (Å²) in [7, 11) is 2.89. The Morgan fingerprint density at radius 1 is 0.972 bits per heavy atom. The maximum atomic E-state index is 13.8. The van der Waals surface area contributed by atoms with E-state index in [-0.39, 0.29) is 16.3 Å². The third-order valence-corrected chi connectivity index (χ3v) is 6.86. The number of benzene rings is 3. The first-order chi connectivity index (χ1) is 17.3. The lowest BCUT2D eigenvalue weighted by atomic mass is 9.94. The van der Waals surface area contributed by atoms with E-state index in [2.05, 4.69) is 4.98 Å². The first-order valence-corrected chi connectivity index (χ1v) is 11.5. The number of methoxy groups -OCH3 is 2. The average molecular weight is 509 g/mol. The fourth-order valence-corrected chi connectivity index (χ4v) is 5.15. The monoisotopic (exact) mass is 508 g/mol. The molecule has 4 aromatic rings. The fraction of sp³-hybridized carbons (Fsp3) is 0.115. The number of rotatable bonds is 5. The van der Waals surface area contributed by atoms with E-state index in [0.29, 0.717) is 27.3 Å². The number of hydrogen-bond donors (Lipinski definition) is 1. The maximum Gasteiger partial charge on any atom is 0.301 e. The van der Waals surface area contributed by atoms with Crippen molar-refractivity contribution in [1.82, 2.24) is 4.98 Å². The number of fused-ring (bicyclic) bond motifs is 1. The molecule has 1 N–H and O–H groups in total. The number of ketones is 1. The lowest BCUT2D eigenvalue weighted by Gasteiger charge is -2.25. The molecule has 1 aliphatic heterocycles. The van der Waals surface area contributed by atoms with Crippen LogP contribution in [-0.2, 0) is 9.59 Å². The van der Waals surface area contributed by atoms with Crippen LogP contribution in [-0.4, -0.2) is 36.0 Å². The third-order valence-electron chi connectivity index (χ3n) is 5.84. The Kier molecular flexibility index (Phi) is 5.89. The number of hydrogen-bond acceptors (Lipinski definition) is 7. The highest BCUT2D eigenvalue weighted by Gasteiger charge is 2.49. The molecule has 5 rings (SSSR count). The van der Waals surface area contributed by atoms with Crippen molar-refractivity contribution in [2.45, 2.75) is 6.04 Å². The summed E-state index contributed by atoms with van der Waals surface area (Å²) in [6.07, 6.45) is 0. The molecule has 3 aromatic carbocycles. The lowest BCUT2D eigenvalue weighted by Crippen LogP contribution is -2.29. The van der Waals surface area contributed by atoms with Gasteiger partial charge in [0.2, 0.25) is 0 Å². The Hall–Kier alpha value is -4.31. The van der Waals surface area contributed by atoms with Crippen molar-refractivity contribution in [3.05, 3.63) is 89.0 Å². The minimum absolute atomic E-state index is 0.130. The SMILES string of the molecule is COc1ccc(OC)c([C@H]2C(=C(O)c3ccc(F)cc3)C(=O)C(=O)N2c2nc3ccc(F)cc3s2)c1. The number of amides is 1. The summed E-state index contributed by atoms with van der Waals surface area (Å²) in [4.78, 5) is 32.3. The van der Waals surface area contributed by atoms with Crippen LogP contribution in [0.2, 0.25) is 0 Å². The molecular weight excluding hydrogens is 490 g/mol. The molecule has 1 aliphatic rings. The minimum atomic E-state index is -1.16. The van der Waals surface area contributed by atoms with Crippen LogP contribution in [0.5, 0.6) is 11.5 Å². The second kappa shape index (κ2) is 9.04. The van der Waals surface area contributed by atoms with Crippen LogP contribution in [0.3, 0.4) is 0 Å². The van der Waals surface area contributed by atoms with Gasteiger partial charge in [0.1, 0.15) is 34.9 Å². The molecule has 1 amide bonds. The Bertz CT molecular complexity index is 1550. The predicted molar refractivity (Wildman–Crippen MR) is 130 cm³/mol. The molecule has 0 bridgehead atoms. The van der Waals surface area contributed by atoms with Crippen LogP contribution in [0.4, 0.5) is 13.9 Å². The summed E-state index contributed by atoms with van der Waals surface area (Å²) < 4.78 is 38.7. The molecule has 1 fully saturated rings. The summed E-state index contributed by atoms with van der Waals surface area (Å²) >= 11 is 1.02. The number of anilines is 1. The highest BCUT2D eigenvalue weighted by atomic mass is 32.1. The second-order valence-electron chi connectivity index (χ2n) is 7.89. The first-order valence-electron chi connectivity index (χ1n) is 10.7. The summed E-state index contributed by atoms with van der Waals surface area (Å²) in [6.45, 7) is 0. The number of halogens is 2. The van der Waals surface area contributed by atoms with E-state index in [1.807, 2.05) is 0 Å². The largest absolute Gasteiger partial charge is 0.507 e. The molecular formula is C26H18F2N2O5S. The zero-order chi connectivity index (χ0) is 25.6. The highest BCUT2D eigenvalue weighted by molar-refractivity contribution is 7.22. The Morgan fingerprint density at radius 2 is 1.69 bits per heavy atom. The molecule has 0 aliphatic carbocycles. The van der Waals surface area contributed by atoms with E-state index in [4.69, 9.17) is 9.47 Å². The van der Waals surface area contributed by atoms with Gasteiger partial charge in [-0.05, 0) is 60.7 Å². The number of thiazole rings is 1. The van der Waals surface area contributed by atoms with Crippen molar-refractivity contribution in [2.75, 3.05) is 19.1 Å². The van der Waals surface area contributed by atoms with Crippen LogP contribution in [0, 0.1) is 11.6 Å². The van der Waals surface area contributed by atoms with Gasteiger partial charge < -0.3 is 14.6 Å². The number of carbonyl (C=O) groups is 2. The summed E-state index contributed by atoms with van der Waals surface area (Å²) in [5.41, 5.74) is 0.703. The van der Waals surface area contributed by atoms with Crippen molar-refractivity contribution in [1.29, 1.82) is 0 Å². The van der Waals surface area contributed by atoms with Gasteiger partial charge in [-0.1, -0.05) is 11.3 Å². The molecule has 182 valence electrons. The summed E-state index contributed by atoms with van der Waals surface area (Å²) in [6, 6.07) is 12.6. The lowest BCUT2D eigenvalue weighted by molar-refractivity contribution is -0.132. The van der Waals surface area contributed by atoms with Gasteiger partial charge in [-0.2, -0.15) is 0 Å². The molecule has 7 nitrogen and oxygen atoms in total. The van der Waals surface area contributed by atoms with Gasteiger partial charge in [-0.25, -0.2) is 13.8 Å². The van der Waals surface area contributed by atoms with Crippen molar-refractivity contribution in [3.8, 4) is 11.5 Å². The van der Waals surface area contributed by atoms with Gasteiger partial charge in [0.05, 0.1) is 30.0 Å². The van der Waals surface area contributed by atoms with Gasteiger partial charge in [0, 0.05) is 11.1 Å². The van der Waals surface area contributed by atoms with Crippen molar-refractivity contribution >= 4 is 44.1 Å². The Labute approximate surface area is 207 Å². The van der Waals surface area contributed by atoms with E-state index in [9.17, 15) is 23.5 Å². The third kappa shape index (κ3) is 3.85. The van der Waals surface area contributed by atoms with Crippen molar-refractivity contribution in [3.63, 3.8) is 0 Å². The van der Waals surface area contributed by atoms with Gasteiger partial charge in [-0.15, -0.1) is 0 Å². The summed E-state index contributed by atoms with van der Waals surface area (Å²) in [5, 5.41) is 11.3. The molecule has 0 saturated carbocycles. The number of aliphatic hydroxyl groups is 1. The first kappa shape index (κ1) is 23.4. The number of carbonyl (C=O) groups excluding carboxylic acids is 2. The smallest absolute Gasteiger partial charge is 0.301 e. The van der Waals surface area contributed by atoms with E-state index < -0.39 is 35.1 Å². The topological polar surface area (TPSA) is 89.0 Å². The highest BCUT2D eigenvalue weighted by Crippen LogP contribution is 2.47. The molecule has 1 aromatic heterocycles. The molecule has 1 atom stereocenters. The number of ether oxygens (including phenoxy) is 2. The number of aliphatic hydroxyl groups excluding tert-OH is 1. The van der Waals surface area contributed by atoms with Gasteiger partial charge in [-0.3, -0.25) is 14.5 Å². The normalized spacial score (nSPS) is 17.1. The van der Waals surface area contributed by atoms with Crippen molar-refractivity contribution < 1.29 is 33.0 Å². The van der Waals surface area contributed by atoms with E-state index in [0.717, 1.165) is 28.4 Å². The van der Waals surface area contributed by atoms with Gasteiger partial charge in [0.25, 0.3) is 5.78 Å². The van der Waals surface area contributed by atoms with E-state index in [1.165, 1.54) is 44.6 Å². The van der Waals surface area contributed by atoms with Gasteiger partial charge >= 0.3 is 5.91 Å². The quantitative estimate of drug-likeness (QED) is 0.226. The predicted octanol–water partition coefficient (Wildman–Crippen LogP) is 5.22. The molecule has 0 unspecified atom stereocenters. The van der Waals surface area contributed by atoms with E-state index >= 15 is 0 Å². The number of aromatic nitrogens is 1. The minimum Gasteiger partial charge on any atom is -0.507 e. The Balaban J connectivity index is 1.78.